The molecule has 178 valence electrons. The zero-order chi connectivity index (χ0) is 24.2. The van der Waals surface area contributed by atoms with Crippen LogP contribution in [0, 0.1) is 6.92 Å². The molecule has 2 amide bonds. The molecular weight excluding hydrogens is 424 g/mol. The van der Waals surface area contributed by atoms with Crippen molar-refractivity contribution in [3.63, 3.8) is 0 Å². The molecule has 0 unspecified atom stereocenters. The van der Waals surface area contributed by atoms with Gasteiger partial charge in [0.2, 0.25) is 5.91 Å². The number of carbonyl (C=O) groups is 2. The molecule has 3 rings (SSSR count). The summed E-state index contributed by atoms with van der Waals surface area (Å²) in [4.78, 5) is 28.5. The standard InChI is InChI=1S/C29H34N2O3/c1-3-4-19-30-29(33)26(20-24-14-7-5-8-15-24)31(21-25-16-9-6-10-17-25)28(32)22-34-27-18-12-11-13-23(27)2/h5-18,26H,3-4,19-22H2,1-2H3,(H,30,33)/t26-/m0/s1. The number of aryl methyl sites for hydroxylation is 1. The quantitative estimate of drug-likeness (QED) is 0.392. The number of unbranched alkanes of at least 4 members (excludes halogenated alkanes) is 1. The zero-order valence-electron chi connectivity index (χ0n) is 20.1. The second-order valence-corrected chi connectivity index (χ2v) is 8.41. The van der Waals surface area contributed by atoms with Crippen LogP contribution in [0.15, 0.2) is 84.9 Å². The van der Waals surface area contributed by atoms with Gasteiger partial charge >= 0.3 is 0 Å². The van der Waals surface area contributed by atoms with E-state index in [0.717, 1.165) is 29.5 Å². The summed E-state index contributed by atoms with van der Waals surface area (Å²) in [5, 5.41) is 3.03. The molecule has 0 aliphatic heterocycles. The Balaban J connectivity index is 1.86. The highest BCUT2D eigenvalue weighted by atomic mass is 16.5. The van der Waals surface area contributed by atoms with Crippen LogP contribution in [0.5, 0.6) is 5.75 Å². The minimum atomic E-state index is -0.646. The van der Waals surface area contributed by atoms with Crippen LogP contribution in [-0.4, -0.2) is 35.9 Å². The van der Waals surface area contributed by atoms with E-state index in [1.54, 1.807) is 4.90 Å². The van der Waals surface area contributed by atoms with Gasteiger partial charge in [0.1, 0.15) is 11.8 Å². The Morgan fingerprint density at radius 2 is 1.50 bits per heavy atom. The maximum absolute atomic E-state index is 13.5. The number of ether oxygens (including phenoxy) is 1. The van der Waals surface area contributed by atoms with Crippen LogP contribution in [0.2, 0.25) is 0 Å². The minimum Gasteiger partial charge on any atom is -0.484 e. The van der Waals surface area contributed by atoms with Gasteiger partial charge in [-0.05, 0) is 36.1 Å². The summed E-state index contributed by atoms with van der Waals surface area (Å²) in [6.45, 7) is 4.82. The molecule has 3 aromatic rings. The lowest BCUT2D eigenvalue weighted by Crippen LogP contribution is -2.51. The fraction of sp³-hybridized carbons (Fsp3) is 0.310. The largest absolute Gasteiger partial charge is 0.484 e. The fourth-order valence-corrected chi connectivity index (χ4v) is 3.78. The van der Waals surface area contributed by atoms with E-state index < -0.39 is 6.04 Å². The van der Waals surface area contributed by atoms with E-state index in [0.29, 0.717) is 25.3 Å². The van der Waals surface area contributed by atoms with Crippen molar-refractivity contribution in [3.05, 3.63) is 102 Å². The van der Waals surface area contributed by atoms with Crippen molar-refractivity contribution in [2.24, 2.45) is 0 Å². The third-order valence-corrected chi connectivity index (χ3v) is 5.74. The Kier molecular flexibility index (Phi) is 9.71. The normalized spacial score (nSPS) is 11.5. The predicted octanol–water partition coefficient (Wildman–Crippen LogP) is 4.93. The van der Waals surface area contributed by atoms with Crippen molar-refractivity contribution >= 4 is 11.8 Å². The number of nitrogens with zero attached hydrogens (tertiary/aromatic N) is 1. The smallest absolute Gasteiger partial charge is 0.261 e. The van der Waals surface area contributed by atoms with E-state index in [1.165, 1.54) is 0 Å². The van der Waals surface area contributed by atoms with Gasteiger partial charge in [-0.15, -0.1) is 0 Å². The number of carbonyl (C=O) groups excluding carboxylic acids is 2. The molecule has 34 heavy (non-hydrogen) atoms. The summed E-state index contributed by atoms with van der Waals surface area (Å²) < 4.78 is 5.87. The first-order valence-corrected chi connectivity index (χ1v) is 11.9. The molecule has 0 radical (unpaired) electrons. The van der Waals surface area contributed by atoms with E-state index in [2.05, 4.69) is 12.2 Å². The lowest BCUT2D eigenvalue weighted by atomic mass is 10.0. The van der Waals surface area contributed by atoms with Crippen molar-refractivity contribution in [2.45, 2.75) is 45.7 Å². The number of para-hydroxylation sites is 1. The first-order valence-electron chi connectivity index (χ1n) is 11.9. The molecule has 0 aliphatic carbocycles. The van der Waals surface area contributed by atoms with E-state index >= 15 is 0 Å². The summed E-state index contributed by atoms with van der Waals surface area (Å²) >= 11 is 0. The van der Waals surface area contributed by atoms with Crippen LogP contribution in [-0.2, 0) is 22.6 Å². The molecule has 0 spiro atoms. The third-order valence-electron chi connectivity index (χ3n) is 5.74. The molecule has 5 nitrogen and oxygen atoms in total. The SMILES string of the molecule is CCCCNC(=O)[C@H](Cc1ccccc1)N(Cc1ccccc1)C(=O)COc1ccccc1C. The van der Waals surface area contributed by atoms with Gasteiger partial charge in [-0.25, -0.2) is 0 Å². The van der Waals surface area contributed by atoms with Crippen LogP contribution in [0.3, 0.4) is 0 Å². The number of nitrogens with one attached hydrogen (secondary N) is 1. The number of hydrogen-bond donors (Lipinski definition) is 1. The number of amides is 2. The number of hydrogen-bond acceptors (Lipinski definition) is 3. The summed E-state index contributed by atoms with van der Waals surface area (Å²) in [6, 6.07) is 26.5. The summed E-state index contributed by atoms with van der Waals surface area (Å²) in [6.07, 6.45) is 2.31. The average molecular weight is 459 g/mol. The molecule has 1 N–H and O–H groups in total. The maximum Gasteiger partial charge on any atom is 0.261 e. The van der Waals surface area contributed by atoms with Crippen LogP contribution in [0.25, 0.3) is 0 Å². The predicted molar refractivity (Wildman–Crippen MR) is 136 cm³/mol. The highest BCUT2D eigenvalue weighted by molar-refractivity contribution is 5.88. The molecule has 1 atom stereocenters. The number of benzene rings is 3. The van der Waals surface area contributed by atoms with Crippen LogP contribution >= 0.6 is 0 Å². The summed E-state index contributed by atoms with van der Waals surface area (Å²) in [5.74, 6) is 0.304. The van der Waals surface area contributed by atoms with Gasteiger partial charge in [0.15, 0.2) is 6.61 Å². The van der Waals surface area contributed by atoms with Gasteiger partial charge < -0.3 is 15.0 Å². The molecule has 0 heterocycles. The van der Waals surface area contributed by atoms with Crippen molar-refractivity contribution in [3.8, 4) is 5.75 Å². The summed E-state index contributed by atoms with van der Waals surface area (Å²) in [7, 11) is 0. The molecule has 0 fully saturated rings. The average Bonchev–Trinajstić information content (AvgIpc) is 2.87. The first kappa shape index (κ1) is 25.0. The molecule has 0 bridgehead atoms. The van der Waals surface area contributed by atoms with Crippen molar-refractivity contribution in [1.29, 1.82) is 0 Å². The van der Waals surface area contributed by atoms with E-state index in [4.69, 9.17) is 4.74 Å². The molecule has 5 heteroatoms. The lowest BCUT2D eigenvalue weighted by molar-refractivity contribution is -0.142. The molecule has 0 saturated heterocycles. The van der Waals surface area contributed by atoms with Crippen LogP contribution < -0.4 is 10.1 Å². The maximum atomic E-state index is 13.5. The summed E-state index contributed by atoms with van der Waals surface area (Å²) in [5.41, 5.74) is 2.93. The second kappa shape index (κ2) is 13.2. The minimum absolute atomic E-state index is 0.134. The van der Waals surface area contributed by atoms with Crippen LogP contribution in [0.4, 0.5) is 0 Å². The fourth-order valence-electron chi connectivity index (χ4n) is 3.78. The van der Waals surface area contributed by atoms with Crippen molar-refractivity contribution in [2.75, 3.05) is 13.2 Å². The molecular formula is C29H34N2O3. The van der Waals surface area contributed by atoms with Crippen molar-refractivity contribution < 1.29 is 14.3 Å². The highest BCUT2D eigenvalue weighted by Crippen LogP contribution is 2.18. The monoisotopic (exact) mass is 458 g/mol. The number of rotatable bonds is 12. The van der Waals surface area contributed by atoms with E-state index in [9.17, 15) is 9.59 Å². The Bertz CT molecular complexity index is 1040. The Morgan fingerprint density at radius 3 is 2.15 bits per heavy atom. The topological polar surface area (TPSA) is 58.6 Å². The van der Waals surface area contributed by atoms with E-state index in [-0.39, 0.29) is 18.4 Å². The van der Waals surface area contributed by atoms with Gasteiger partial charge in [0.25, 0.3) is 5.91 Å². The molecule has 0 aliphatic rings. The Hall–Kier alpha value is -3.60. The van der Waals surface area contributed by atoms with E-state index in [1.807, 2.05) is 91.9 Å². The highest BCUT2D eigenvalue weighted by Gasteiger charge is 2.30. The van der Waals surface area contributed by atoms with Gasteiger partial charge in [-0.3, -0.25) is 9.59 Å². The Morgan fingerprint density at radius 1 is 0.882 bits per heavy atom. The molecule has 3 aromatic carbocycles. The first-order chi connectivity index (χ1) is 16.6. The van der Waals surface area contributed by atoms with Gasteiger partial charge in [0.05, 0.1) is 0 Å². The van der Waals surface area contributed by atoms with Crippen LogP contribution in [0.1, 0.15) is 36.5 Å². The lowest BCUT2D eigenvalue weighted by Gasteiger charge is -2.31. The van der Waals surface area contributed by atoms with Gasteiger partial charge in [-0.1, -0.05) is 92.2 Å². The van der Waals surface area contributed by atoms with Gasteiger partial charge in [0, 0.05) is 19.5 Å². The Labute approximate surface area is 202 Å². The molecule has 0 aromatic heterocycles. The third kappa shape index (κ3) is 7.48. The van der Waals surface area contributed by atoms with Gasteiger partial charge in [-0.2, -0.15) is 0 Å². The molecule has 0 saturated carbocycles. The zero-order valence-corrected chi connectivity index (χ0v) is 20.1. The second-order valence-electron chi connectivity index (χ2n) is 8.41. The van der Waals surface area contributed by atoms with Crippen molar-refractivity contribution in [1.82, 2.24) is 10.2 Å².